The summed E-state index contributed by atoms with van der Waals surface area (Å²) in [6.45, 7) is 2.64. The molecule has 4 rings (SSSR count). The third kappa shape index (κ3) is 5.90. The van der Waals surface area contributed by atoms with Crippen LogP contribution in [0.15, 0.2) is 71.5 Å². The molecule has 0 aliphatic carbocycles. The molecule has 0 radical (unpaired) electrons. The Balaban J connectivity index is 1.61. The van der Waals surface area contributed by atoms with Gasteiger partial charge in [-0.15, -0.1) is 11.3 Å². The molecule has 1 unspecified atom stereocenters. The van der Waals surface area contributed by atoms with E-state index in [-0.39, 0.29) is 31.6 Å². The Hall–Kier alpha value is -2.78. The smallest absolute Gasteiger partial charge is 0.238 e. The van der Waals surface area contributed by atoms with Crippen LogP contribution >= 0.6 is 11.3 Å². The fourth-order valence-electron chi connectivity index (χ4n) is 4.36. The molecule has 0 fully saturated rings. The zero-order chi connectivity index (χ0) is 24.8. The Morgan fingerprint density at radius 2 is 1.86 bits per heavy atom. The molecule has 1 amide bonds. The highest BCUT2D eigenvalue weighted by Crippen LogP contribution is 2.39. The van der Waals surface area contributed by atoms with E-state index in [2.05, 4.69) is 17.5 Å². The van der Waals surface area contributed by atoms with Crippen molar-refractivity contribution < 1.29 is 17.9 Å². The first-order chi connectivity index (χ1) is 16.9. The summed E-state index contributed by atoms with van der Waals surface area (Å²) in [5.41, 5.74) is 4.06. The summed E-state index contributed by atoms with van der Waals surface area (Å²) < 4.78 is 32.8. The summed E-state index contributed by atoms with van der Waals surface area (Å²) in [6, 6.07) is 19.1. The normalized spacial score (nSPS) is 16.1. The maximum Gasteiger partial charge on any atom is 0.238 e. The van der Waals surface area contributed by atoms with E-state index in [1.54, 1.807) is 17.4 Å². The molecular formula is C27H30N2O4S2. The molecule has 0 saturated heterocycles. The summed E-state index contributed by atoms with van der Waals surface area (Å²) in [6.07, 6.45) is 2.31. The fourth-order valence-corrected chi connectivity index (χ4v) is 6.38. The number of hydrogen-bond donors (Lipinski definition) is 0. The minimum atomic E-state index is -3.84. The molecule has 35 heavy (non-hydrogen) atoms. The average Bonchev–Trinajstić information content (AvgIpc) is 3.35. The largest absolute Gasteiger partial charge is 0.383 e. The summed E-state index contributed by atoms with van der Waals surface area (Å²) in [4.78, 5) is 16.8. The third-order valence-corrected chi connectivity index (χ3v) is 8.73. The number of aryl methyl sites for hydroxylation is 1. The molecule has 2 aromatic carbocycles. The van der Waals surface area contributed by atoms with Crippen molar-refractivity contribution in [2.24, 2.45) is 0 Å². The first kappa shape index (κ1) is 25.3. The van der Waals surface area contributed by atoms with E-state index < -0.39 is 10.0 Å². The second-order valence-corrected chi connectivity index (χ2v) is 11.3. The lowest BCUT2D eigenvalue weighted by atomic mass is 9.90. The van der Waals surface area contributed by atoms with Crippen LogP contribution in [0.1, 0.15) is 33.2 Å². The van der Waals surface area contributed by atoms with Crippen molar-refractivity contribution in [3.05, 3.63) is 98.6 Å². The SMILES string of the molecule is COCCN(CC(=O)N1CCc2sccc2C1c1ccccc1C)S(=O)(=O)/C=C/c1ccccc1. The first-order valence-electron chi connectivity index (χ1n) is 11.5. The van der Waals surface area contributed by atoms with Crippen molar-refractivity contribution in [2.45, 2.75) is 19.4 Å². The Morgan fingerprint density at radius 3 is 2.60 bits per heavy atom. The van der Waals surface area contributed by atoms with Crippen LogP contribution in [0.2, 0.25) is 0 Å². The Labute approximate surface area is 211 Å². The summed E-state index contributed by atoms with van der Waals surface area (Å²) >= 11 is 1.71. The molecule has 1 aliphatic heterocycles. The van der Waals surface area contributed by atoms with Crippen LogP contribution in [-0.2, 0) is 26.0 Å². The van der Waals surface area contributed by atoms with Crippen LogP contribution in [0.25, 0.3) is 6.08 Å². The molecule has 2 heterocycles. The van der Waals surface area contributed by atoms with E-state index in [9.17, 15) is 13.2 Å². The van der Waals surface area contributed by atoms with Crippen molar-refractivity contribution in [3.8, 4) is 0 Å². The topological polar surface area (TPSA) is 66.9 Å². The van der Waals surface area contributed by atoms with Gasteiger partial charge >= 0.3 is 0 Å². The average molecular weight is 511 g/mol. The van der Waals surface area contributed by atoms with Crippen molar-refractivity contribution in [1.29, 1.82) is 0 Å². The predicted molar refractivity (Wildman–Crippen MR) is 141 cm³/mol. The van der Waals surface area contributed by atoms with Gasteiger partial charge in [0.2, 0.25) is 15.9 Å². The van der Waals surface area contributed by atoms with E-state index in [1.165, 1.54) is 16.3 Å². The van der Waals surface area contributed by atoms with E-state index in [1.807, 2.05) is 60.4 Å². The maximum absolute atomic E-state index is 13.7. The van der Waals surface area contributed by atoms with Gasteiger partial charge < -0.3 is 9.64 Å². The summed E-state index contributed by atoms with van der Waals surface area (Å²) in [5, 5.41) is 3.23. The van der Waals surface area contributed by atoms with Gasteiger partial charge in [-0.2, -0.15) is 4.31 Å². The number of carbonyl (C=O) groups excluding carboxylic acids is 1. The van der Waals surface area contributed by atoms with Gasteiger partial charge in [0.25, 0.3) is 0 Å². The van der Waals surface area contributed by atoms with E-state index in [0.717, 1.165) is 34.1 Å². The number of rotatable bonds is 9. The van der Waals surface area contributed by atoms with Crippen LogP contribution in [0.4, 0.5) is 0 Å². The van der Waals surface area contributed by atoms with Gasteiger partial charge in [-0.25, -0.2) is 8.42 Å². The van der Waals surface area contributed by atoms with Crippen molar-refractivity contribution in [1.82, 2.24) is 9.21 Å². The van der Waals surface area contributed by atoms with Gasteiger partial charge in [-0.1, -0.05) is 54.6 Å². The lowest BCUT2D eigenvalue weighted by molar-refractivity contribution is -0.133. The maximum atomic E-state index is 13.7. The van der Waals surface area contributed by atoms with Gasteiger partial charge in [-0.3, -0.25) is 4.79 Å². The zero-order valence-electron chi connectivity index (χ0n) is 20.0. The number of fused-ring (bicyclic) bond motifs is 1. The predicted octanol–water partition coefficient (Wildman–Crippen LogP) is 4.48. The molecular weight excluding hydrogens is 480 g/mol. The van der Waals surface area contributed by atoms with Crippen LogP contribution in [-0.4, -0.2) is 56.9 Å². The van der Waals surface area contributed by atoms with Gasteiger partial charge in [0, 0.05) is 30.5 Å². The van der Waals surface area contributed by atoms with E-state index >= 15 is 0 Å². The molecule has 3 aromatic rings. The fraction of sp³-hybridized carbons (Fsp3) is 0.296. The summed E-state index contributed by atoms with van der Waals surface area (Å²) in [5.74, 6) is -0.220. The number of amides is 1. The highest BCUT2D eigenvalue weighted by Gasteiger charge is 2.35. The number of sulfonamides is 1. The van der Waals surface area contributed by atoms with Crippen LogP contribution in [0.3, 0.4) is 0 Å². The third-order valence-electron chi connectivity index (χ3n) is 6.22. The monoisotopic (exact) mass is 510 g/mol. The van der Waals surface area contributed by atoms with Gasteiger partial charge in [0.05, 0.1) is 19.2 Å². The van der Waals surface area contributed by atoms with Crippen molar-refractivity contribution >= 4 is 33.3 Å². The molecule has 0 saturated carbocycles. The number of hydrogen-bond acceptors (Lipinski definition) is 5. The number of nitrogens with zero attached hydrogens (tertiary/aromatic N) is 2. The number of benzene rings is 2. The van der Waals surface area contributed by atoms with Gasteiger partial charge in [0.1, 0.15) is 0 Å². The first-order valence-corrected chi connectivity index (χ1v) is 13.9. The van der Waals surface area contributed by atoms with Crippen LogP contribution in [0, 0.1) is 6.92 Å². The Kier molecular flexibility index (Phi) is 8.18. The standard InChI is InChI=1S/C27H30N2O4S2/c1-21-8-6-7-11-23(21)27-24-13-18-34-25(24)12-15-29(27)26(30)20-28(16-17-33-2)35(31,32)19-14-22-9-4-3-5-10-22/h3-11,13-14,18-19,27H,12,15-17,20H2,1-2H3/b19-14+. The molecule has 184 valence electrons. The summed E-state index contributed by atoms with van der Waals surface area (Å²) in [7, 11) is -2.32. The highest BCUT2D eigenvalue weighted by atomic mass is 32.2. The number of thiophene rings is 1. The molecule has 1 atom stereocenters. The van der Waals surface area contributed by atoms with Crippen LogP contribution < -0.4 is 0 Å². The van der Waals surface area contributed by atoms with Gasteiger partial charge in [-0.05, 0) is 53.1 Å². The van der Waals surface area contributed by atoms with E-state index in [0.29, 0.717) is 6.54 Å². The van der Waals surface area contributed by atoms with Crippen LogP contribution in [0.5, 0.6) is 0 Å². The minimum Gasteiger partial charge on any atom is -0.383 e. The molecule has 0 bridgehead atoms. The Bertz CT molecular complexity index is 1290. The molecule has 0 N–H and O–H groups in total. The zero-order valence-corrected chi connectivity index (χ0v) is 21.6. The number of carbonyl (C=O) groups is 1. The lowest BCUT2D eigenvalue weighted by Crippen LogP contribution is -2.47. The molecule has 1 aliphatic rings. The molecule has 8 heteroatoms. The Morgan fingerprint density at radius 1 is 1.11 bits per heavy atom. The minimum absolute atomic E-state index is 0.0935. The highest BCUT2D eigenvalue weighted by molar-refractivity contribution is 7.92. The quantitative estimate of drug-likeness (QED) is 0.426. The number of methoxy groups -OCH3 is 1. The van der Waals surface area contributed by atoms with Crippen molar-refractivity contribution in [3.63, 3.8) is 0 Å². The molecule has 6 nitrogen and oxygen atoms in total. The number of ether oxygens (including phenoxy) is 1. The lowest BCUT2D eigenvalue weighted by Gasteiger charge is -2.38. The van der Waals surface area contributed by atoms with E-state index in [4.69, 9.17) is 4.74 Å². The van der Waals surface area contributed by atoms with Crippen molar-refractivity contribution in [2.75, 3.05) is 33.4 Å². The van der Waals surface area contributed by atoms with Gasteiger partial charge in [0.15, 0.2) is 0 Å². The second-order valence-electron chi connectivity index (χ2n) is 8.48. The molecule has 0 spiro atoms. The second kappa shape index (κ2) is 11.3. The molecule has 1 aromatic heterocycles.